The van der Waals surface area contributed by atoms with E-state index in [2.05, 4.69) is 141 Å². The summed E-state index contributed by atoms with van der Waals surface area (Å²) in [4.78, 5) is 0. The first kappa shape index (κ1) is 30.0. The molecule has 4 nitrogen and oxygen atoms in total. The molecule has 0 saturated heterocycles. The van der Waals surface area contributed by atoms with Crippen molar-refractivity contribution in [1.82, 2.24) is 14.5 Å². The monoisotopic (exact) mass is 584 g/mol. The molecule has 3 heterocycles. The first-order valence-corrected chi connectivity index (χ1v) is 16.3. The van der Waals surface area contributed by atoms with E-state index in [1.165, 1.54) is 66.9 Å². The molecule has 0 amide bonds. The summed E-state index contributed by atoms with van der Waals surface area (Å²) in [5.74, 6) is 0.936. The van der Waals surface area contributed by atoms with Crippen molar-refractivity contribution in [2.75, 3.05) is 7.05 Å². The molecule has 0 radical (unpaired) electrons. The lowest BCUT2D eigenvalue weighted by Crippen LogP contribution is -2.33. The predicted octanol–water partition coefficient (Wildman–Crippen LogP) is 9.98. The fourth-order valence-electron chi connectivity index (χ4n) is 8.27. The number of hydrogen-bond donors (Lipinski definition) is 2. The van der Waals surface area contributed by atoms with Gasteiger partial charge >= 0.3 is 0 Å². The number of aryl methyl sites for hydroxylation is 1. The Hall–Kier alpha value is -4.02. The number of para-hydroxylation sites is 1. The molecule has 4 atom stereocenters. The topological polar surface area (TPSA) is 47.9 Å². The van der Waals surface area contributed by atoms with Gasteiger partial charge in [-0.15, -0.1) is 0 Å². The van der Waals surface area contributed by atoms with E-state index in [9.17, 15) is 0 Å². The summed E-state index contributed by atoms with van der Waals surface area (Å²) in [6.45, 7) is 18.3. The van der Waals surface area contributed by atoms with Crippen molar-refractivity contribution in [2.45, 2.75) is 83.3 Å². The van der Waals surface area contributed by atoms with Crippen molar-refractivity contribution < 1.29 is 0 Å². The zero-order valence-corrected chi connectivity index (χ0v) is 27.2. The Kier molecular flexibility index (Phi) is 8.06. The Bertz CT molecular complexity index is 1890. The zero-order valence-electron chi connectivity index (χ0n) is 27.2. The highest BCUT2D eigenvalue weighted by molar-refractivity contribution is 6.23. The van der Waals surface area contributed by atoms with Crippen LogP contribution in [0.2, 0.25) is 0 Å². The van der Waals surface area contributed by atoms with Gasteiger partial charge in [-0.05, 0) is 81.5 Å². The molecule has 0 bridgehead atoms. The van der Waals surface area contributed by atoms with E-state index in [-0.39, 0.29) is 11.6 Å². The molecular weight excluding hydrogens is 536 g/mol. The fraction of sp³-hybridized carbons (Fsp3) is 0.350. The second-order valence-corrected chi connectivity index (χ2v) is 13.0. The van der Waals surface area contributed by atoms with Crippen LogP contribution < -0.4 is 11.1 Å². The van der Waals surface area contributed by atoms with E-state index in [1.54, 1.807) is 0 Å². The van der Waals surface area contributed by atoms with Crippen LogP contribution in [0.15, 0.2) is 80.0 Å². The van der Waals surface area contributed by atoms with Gasteiger partial charge in [0.2, 0.25) is 0 Å². The minimum atomic E-state index is -0.0276. The second kappa shape index (κ2) is 11.8. The number of benzene rings is 3. The Labute approximate surface area is 262 Å². The average Bonchev–Trinajstić information content (AvgIpc) is 3.58. The van der Waals surface area contributed by atoms with Crippen molar-refractivity contribution in [3.63, 3.8) is 0 Å². The molecule has 4 heteroatoms. The fourth-order valence-corrected chi connectivity index (χ4v) is 8.27. The molecule has 2 aliphatic rings. The maximum Gasteiger partial charge on any atom is 0.0745 e. The van der Waals surface area contributed by atoms with E-state index in [0.717, 1.165) is 32.2 Å². The molecule has 0 spiro atoms. The molecule has 228 valence electrons. The van der Waals surface area contributed by atoms with Crippen molar-refractivity contribution in [3.05, 3.63) is 108 Å². The first-order chi connectivity index (χ1) is 21.3. The second-order valence-electron chi connectivity index (χ2n) is 13.0. The summed E-state index contributed by atoms with van der Waals surface area (Å²) in [6.07, 6.45) is 12.6. The molecule has 3 unspecified atom stereocenters. The van der Waals surface area contributed by atoms with Gasteiger partial charge in [-0.2, -0.15) is 0 Å². The van der Waals surface area contributed by atoms with Gasteiger partial charge in [-0.25, -0.2) is 0 Å². The van der Waals surface area contributed by atoms with Crippen LogP contribution in [0.25, 0.3) is 44.9 Å². The molecule has 1 aliphatic carbocycles. The van der Waals surface area contributed by atoms with Gasteiger partial charge in [-0.1, -0.05) is 93.8 Å². The van der Waals surface area contributed by atoms with Crippen molar-refractivity contribution >= 4 is 44.9 Å². The molecule has 5 aromatic rings. The Morgan fingerprint density at radius 1 is 1.07 bits per heavy atom. The van der Waals surface area contributed by atoms with E-state index in [1.807, 2.05) is 0 Å². The summed E-state index contributed by atoms with van der Waals surface area (Å²) in [7, 11) is 2.09. The van der Waals surface area contributed by atoms with Gasteiger partial charge < -0.3 is 20.2 Å². The number of nitrogens with one attached hydrogen (secondary N) is 1. The number of aromatic nitrogens is 2. The lowest BCUT2D eigenvalue weighted by atomic mass is 9.80. The quantitative estimate of drug-likeness (QED) is 0.216. The third-order valence-electron chi connectivity index (χ3n) is 10.5. The summed E-state index contributed by atoms with van der Waals surface area (Å²) in [5.41, 5.74) is 15.8. The van der Waals surface area contributed by atoms with Gasteiger partial charge in [0, 0.05) is 57.0 Å². The third-order valence-corrected chi connectivity index (χ3v) is 10.5. The van der Waals surface area contributed by atoms with Crippen molar-refractivity contribution in [3.8, 4) is 0 Å². The number of allylic oxidation sites excluding steroid dienone is 1. The van der Waals surface area contributed by atoms with Crippen LogP contribution >= 0.6 is 0 Å². The van der Waals surface area contributed by atoms with Gasteiger partial charge in [0.15, 0.2) is 0 Å². The van der Waals surface area contributed by atoms with Gasteiger partial charge in [0.25, 0.3) is 0 Å². The number of nitrogens with zero attached hydrogens (tertiary/aromatic N) is 2. The van der Waals surface area contributed by atoms with Crippen LogP contribution in [0.1, 0.15) is 99.2 Å². The molecule has 3 aromatic carbocycles. The molecular formula is C40H48N4. The van der Waals surface area contributed by atoms with Crippen LogP contribution in [0.4, 0.5) is 0 Å². The summed E-state index contributed by atoms with van der Waals surface area (Å²) in [5, 5.41) is 7.76. The normalized spacial score (nSPS) is 21.8. The number of fused-ring (bicyclic) bond motifs is 6. The smallest absolute Gasteiger partial charge is 0.0745 e. The van der Waals surface area contributed by atoms with Crippen LogP contribution in [-0.2, 0) is 12.1 Å². The molecule has 44 heavy (non-hydrogen) atoms. The van der Waals surface area contributed by atoms with Crippen LogP contribution in [0.5, 0.6) is 0 Å². The lowest BCUT2D eigenvalue weighted by molar-refractivity contribution is 0.253. The number of hydrogen-bond acceptors (Lipinski definition) is 2. The Morgan fingerprint density at radius 3 is 2.45 bits per heavy atom. The standard InChI is InChI=1S/C38H43N3.C2H5N/c1-7-28-32(25(4)39-6)34-30-19-14-15-24(3)35(30)41-37(34)36-33(28)29-18-12-13-20-31(29)40(36)22-21-27(23-38(41,5)8-2)26-16-10-9-11-17-26;1-2-3/h7,9-14,16-20,24-25,27,39H,1,8,15,21-23H2,2-6H3;2H,1,3H2/t24?,25?,27?,38-;/m0./s1. The molecule has 2 aromatic heterocycles. The summed E-state index contributed by atoms with van der Waals surface area (Å²) in [6, 6.07) is 20.5. The minimum Gasteiger partial charge on any atom is -0.405 e. The van der Waals surface area contributed by atoms with Crippen molar-refractivity contribution in [2.24, 2.45) is 5.73 Å². The van der Waals surface area contributed by atoms with Gasteiger partial charge in [0.1, 0.15) is 0 Å². The maximum absolute atomic E-state index is 4.61. The van der Waals surface area contributed by atoms with Crippen LogP contribution in [-0.4, -0.2) is 16.2 Å². The van der Waals surface area contributed by atoms with E-state index < -0.39 is 0 Å². The SMILES string of the molecule is C=CN.C=Cc1c(C(C)NC)c2c3c(n4c2c2c1c1ccccc1n2CCC(c1ccccc1)C[C@]4(C)CC)C(C)CC=C3. The van der Waals surface area contributed by atoms with Gasteiger partial charge in [0.05, 0.1) is 11.0 Å². The molecule has 1 aliphatic heterocycles. The highest BCUT2D eigenvalue weighted by Crippen LogP contribution is 2.52. The van der Waals surface area contributed by atoms with Crippen molar-refractivity contribution in [1.29, 1.82) is 0 Å². The average molecular weight is 585 g/mol. The molecule has 7 rings (SSSR count). The third kappa shape index (κ3) is 4.45. The predicted molar refractivity (Wildman–Crippen MR) is 191 cm³/mol. The van der Waals surface area contributed by atoms with Crippen LogP contribution in [0, 0.1) is 0 Å². The lowest BCUT2D eigenvalue weighted by Gasteiger charge is -2.38. The van der Waals surface area contributed by atoms with E-state index >= 15 is 0 Å². The molecule has 0 fully saturated rings. The highest BCUT2D eigenvalue weighted by Gasteiger charge is 2.39. The van der Waals surface area contributed by atoms with Crippen LogP contribution in [0.3, 0.4) is 0 Å². The first-order valence-electron chi connectivity index (χ1n) is 16.3. The highest BCUT2D eigenvalue weighted by atomic mass is 15.1. The number of rotatable bonds is 5. The summed E-state index contributed by atoms with van der Waals surface area (Å²) < 4.78 is 5.52. The molecule has 3 N–H and O–H groups in total. The van der Waals surface area contributed by atoms with Gasteiger partial charge in [-0.3, -0.25) is 0 Å². The zero-order chi connectivity index (χ0) is 31.2. The largest absolute Gasteiger partial charge is 0.405 e. The van der Waals surface area contributed by atoms with E-state index in [0.29, 0.717) is 11.8 Å². The Balaban J connectivity index is 0.00000110. The summed E-state index contributed by atoms with van der Waals surface area (Å²) >= 11 is 0. The molecule has 0 saturated carbocycles. The van der Waals surface area contributed by atoms with E-state index in [4.69, 9.17) is 0 Å². The minimum absolute atomic E-state index is 0.0276. The Morgan fingerprint density at radius 2 is 1.77 bits per heavy atom. The maximum atomic E-state index is 4.61. The number of nitrogens with two attached hydrogens (primary N) is 1.